The number of nitrogens with one attached hydrogen (secondary N) is 2. The lowest BCUT2D eigenvalue weighted by atomic mass is 9.96. The molecular weight excluding hydrogens is 286 g/mol. The van der Waals surface area contributed by atoms with Crippen LogP contribution in [0, 0.1) is 5.92 Å². The van der Waals surface area contributed by atoms with Gasteiger partial charge in [-0.3, -0.25) is 9.59 Å². The molecule has 3 atom stereocenters. The fourth-order valence-electron chi connectivity index (χ4n) is 3.53. The van der Waals surface area contributed by atoms with Gasteiger partial charge in [0.25, 0.3) is 5.91 Å². The Labute approximate surface area is 126 Å². The molecule has 0 aromatic carbocycles. The number of pyridine rings is 1. The molecule has 6 heteroatoms. The SMILES string of the molecule is O=C(NC1CC2CCN(C2)C1)c1c[nH]c2ccsc2c1=O. The van der Waals surface area contributed by atoms with E-state index in [0.29, 0.717) is 10.6 Å². The van der Waals surface area contributed by atoms with Gasteiger partial charge in [0, 0.05) is 25.3 Å². The van der Waals surface area contributed by atoms with Crippen molar-refractivity contribution in [3.63, 3.8) is 0 Å². The maximum absolute atomic E-state index is 12.4. The van der Waals surface area contributed by atoms with Crippen LogP contribution in [0.4, 0.5) is 0 Å². The predicted molar refractivity (Wildman–Crippen MR) is 82.9 cm³/mol. The van der Waals surface area contributed by atoms with Gasteiger partial charge in [-0.1, -0.05) is 0 Å². The Morgan fingerprint density at radius 3 is 3.19 bits per heavy atom. The number of hydrogen-bond acceptors (Lipinski definition) is 4. The molecule has 0 spiro atoms. The summed E-state index contributed by atoms with van der Waals surface area (Å²) in [5, 5.41) is 4.90. The molecule has 5 nitrogen and oxygen atoms in total. The number of aromatic nitrogens is 1. The standard InChI is InChI=1S/C15H17N3O2S/c19-13-11(6-16-12-2-4-21-14(12)13)15(20)17-10-5-9-1-3-18(7-9)8-10/h2,4,6,9-10H,1,3,5,7-8H2,(H,16,19)(H,17,20). The molecule has 2 aromatic heterocycles. The van der Waals surface area contributed by atoms with Crippen molar-refractivity contribution in [2.45, 2.75) is 18.9 Å². The van der Waals surface area contributed by atoms with Crippen molar-refractivity contribution in [1.29, 1.82) is 0 Å². The zero-order chi connectivity index (χ0) is 14.4. The van der Waals surface area contributed by atoms with Crippen LogP contribution in [0.2, 0.25) is 0 Å². The van der Waals surface area contributed by atoms with E-state index in [4.69, 9.17) is 0 Å². The topological polar surface area (TPSA) is 65.2 Å². The van der Waals surface area contributed by atoms with Crippen molar-refractivity contribution >= 4 is 27.5 Å². The van der Waals surface area contributed by atoms with Gasteiger partial charge >= 0.3 is 0 Å². The number of H-pyrrole nitrogens is 1. The van der Waals surface area contributed by atoms with E-state index >= 15 is 0 Å². The first-order valence-electron chi connectivity index (χ1n) is 7.33. The van der Waals surface area contributed by atoms with Crippen LogP contribution in [0.5, 0.6) is 0 Å². The van der Waals surface area contributed by atoms with Gasteiger partial charge < -0.3 is 15.2 Å². The highest BCUT2D eigenvalue weighted by Crippen LogP contribution is 2.26. The molecule has 2 aliphatic heterocycles. The molecule has 2 bridgehead atoms. The van der Waals surface area contributed by atoms with E-state index in [2.05, 4.69) is 15.2 Å². The Balaban J connectivity index is 1.56. The van der Waals surface area contributed by atoms with Crippen LogP contribution in [0.1, 0.15) is 23.2 Å². The maximum atomic E-state index is 12.4. The molecule has 0 radical (unpaired) electrons. The van der Waals surface area contributed by atoms with Crippen LogP contribution in [0.25, 0.3) is 10.2 Å². The van der Waals surface area contributed by atoms with Gasteiger partial charge in [-0.05, 0) is 36.8 Å². The van der Waals surface area contributed by atoms with Gasteiger partial charge in [-0.15, -0.1) is 11.3 Å². The average molecular weight is 303 g/mol. The number of carbonyl (C=O) groups excluding carboxylic acids is 1. The summed E-state index contributed by atoms with van der Waals surface area (Å²) in [6.07, 6.45) is 3.79. The molecule has 2 aliphatic rings. The number of piperidine rings is 1. The van der Waals surface area contributed by atoms with Gasteiger partial charge in [0.15, 0.2) is 0 Å². The third-order valence-electron chi connectivity index (χ3n) is 4.53. The van der Waals surface area contributed by atoms with Crippen LogP contribution in [0.15, 0.2) is 22.4 Å². The van der Waals surface area contributed by atoms with Crippen LogP contribution < -0.4 is 10.7 Å². The summed E-state index contributed by atoms with van der Waals surface area (Å²) in [6, 6.07) is 2.02. The Bertz CT molecular complexity index is 739. The summed E-state index contributed by atoms with van der Waals surface area (Å²) in [6.45, 7) is 3.20. The maximum Gasteiger partial charge on any atom is 0.257 e. The van der Waals surface area contributed by atoms with Gasteiger partial charge in [0.05, 0.1) is 10.2 Å². The van der Waals surface area contributed by atoms with Crippen LogP contribution >= 0.6 is 11.3 Å². The Morgan fingerprint density at radius 1 is 1.43 bits per heavy atom. The van der Waals surface area contributed by atoms with E-state index in [1.54, 1.807) is 0 Å². The largest absolute Gasteiger partial charge is 0.359 e. The number of aromatic amines is 1. The van der Waals surface area contributed by atoms with E-state index in [9.17, 15) is 9.59 Å². The fraction of sp³-hybridized carbons (Fsp3) is 0.467. The minimum atomic E-state index is -0.251. The average Bonchev–Trinajstić information content (AvgIpc) is 3.06. The molecule has 0 aliphatic carbocycles. The summed E-state index contributed by atoms with van der Waals surface area (Å²) in [7, 11) is 0. The molecular formula is C15H17N3O2S. The quantitative estimate of drug-likeness (QED) is 0.882. The Hall–Kier alpha value is -1.66. The van der Waals surface area contributed by atoms with E-state index in [1.807, 2.05) is 11.4 Å². The summed E-state index contributed by atoms with van der Waals surface area (Å²) in [4.78, 5) is 30.1. The number of rotatable bonds is 2. The van der Waals surface area contributed by atoms with Crippen molar-refractivity contribution in [3.8, 4) is 0 Å². The smallest absolute Gasteiger partial charge is 0.257 e. The highest BCUT2D eigenvalue weighted by molar-refractivity contribution is 7.17. The zero-order valence-corrected chi connectivity index (χ0v) is 12.4. The molecule has 2 saturated heterocycles. The summed E-state index contributed by atoms with van der Waals surface area (Å²) < 4.78 is 0.620. The number of fused-ring (bicyclic) bond motifs is 3. The highest BCUT2D eigenvalue weighted by Gasteiger charge is 2.33. The molecule has 1 amide bonds. The number of hydrogen-bond donors (Lipinski definition) is 2. The summed E-state index contributed by atoms with van der Waals surface area (Å²) >= 11 is 1.37. The summed E-state index contributed by atoms with van der Waals surface area (Å²) in [5.41, 5.74) is 0.844. The number of amides is 1. The van der Waals surface area contributed by atoms with Gasteiger partial charge in [-0.2, -0.15) is 0 Å². The van der Waals surface area contributed by atoms with Crippen molar-refractivity contribution in [1.82, 2.24) is 15.2 Å². The third kappa shape index (κ3) is 2.28. The molecule has 110 valence electrons. The fourth-order valence-corrected chi connectivity index (χ4v) is 4.34. The Kier molecular flexibility index (Phi) is 3.08. The normalized spacial score (nSPS) is 27.9. The lowest BCUT2D eigenvalue weighted by Crippen LogP contribution is -2.47. The third-order valence-corrected chi connectivity index (χ3v) is 5.45. The van der Waals surface area contributed by atoms with E-state index in [0.717, 1.165) is 31.6 Å². The summed E-state index contributed by atoms with van der Waals surface area (Å²) in [5.74, 6) is 0.446. The van der Waals surface area contributed by atoms with E-state index in [1.165, 1.54) is 24.0 Å². The first kappa shape index (κ1) is 13.0. The molecule has 2 aromatic rings. The van der Waals surface area contributed by atoms with Gasteiger partial charge in [-0.25, -0.2) is 0 Å². The second-order valence-electron chi connectivity index (χ2n) is 6.02. The molecule has 3 unspecified atom stereocenters. The van der Waals surface area contributed by atoms with Gasteiger partial charge in [0.1, 0.15) is 5.56 Å². The highest BCUT2D eigenvalue weighted by atomic mass is 32.1. The second-order valence-corrected chi connectivity index (χ2v) is 6.93. The monoisotopic (exact) mass is 303 g/mol. The van der Waals surface area contributed by atoms with Crippen LogP contribution in [-0.4, -0.2) is 41.5 Å². The van der Waals surface area contributed by atoms with Crippen LogP contribution in [-0.2, 0) is 0 Å². The van der Waals surface area contributed by atoms with E-state index in [-0.39, 0.29) is 22.9 Å². The van der Waals surface area contributed by atoms with Crippen molar-refractivity contribution in [2.75, 3.05) is 19.6 Å². The lowest BCUT2D eigenvalue weighted by Gasteiger charge is -2.30. The molecule has 4 rings (SSSR count). The molecule has 0 saturated carbocycles. The molecule has 4 heterocycles. The molecule has 21 heavy (non-hydrogen) atoms. The van der Waals surface area contributed by atoms with Crippen molar-refractivity contribution in [3.05, 3.63) is 33.4 Å². The van der Waals surface area contributed by atoms with Crippen molar-refractivity contribution in [2.24, 2.45) is 5.92 Å². The van der Waals surface area contributed by atoms with E-state index < -0.39 is 0 Å². The number of thiophene rings is 1. The van der Waals surface area contributed by atoms with Crippen LogP contribution in [0.3, 0.4) is 0 Å². The second kappa shape index (κ2) is 4.96. The zero-order valence-electron chi connectivity index (χ0n) is 11.6. The number of nitrogens with zero attached hydrogens (tertiary/aromatic N) is 1. The number of carbonyl (C=O) groups is 1. The van der Waals surface area contributed by atoms with Crippen molar-refractivity contribution < 1.29 is 4.79 Å². The first-order chi connectivity index (χ1) is 10.2. The minimum absolute atomic E-state index is 0.164. The predicted octanol–water partition coefficient (Wildman–Crippen LogP) is 1.41. The lowest BCUT2D eigenvalue weighted by molar-refractivity contribution is 0.0908. The molecule has 2 fully saturated rings. The minimum Gasteiger partial charge on any atom is -0.359 e. The first-order valence-corrected chi connectivity index (χ1v) is 8.21. The Morgan fingerprint density at radius 2 is 2.33 bits per heavy atom. The van der Waals surface area contributed by atoms with Gasteiger partial charge in [0.2, 0.25) is 5.43 Å². The molecule has 2 N–H and O–H groups in total.